The third kappa shape index (κ3) is 3.55. The third-order valence-electron chi connectivity index (χ3n) is 4.85. The molecular formula is C20H23N3O2. The molecule has 2 aromatic rings. The molecule has 3 rings (SSSR count). The molecule has 1 aliphatic rings. The lowest BCUT2D eigenvalue weighted by Gasteiger charge is -2.33. The number of fused-ring (bicyclic) bond motifs is 1. The van der Waals surface area contributed by atoms with Crippen LogP contribution in [0.2, 0.25) is 0 Å². The largest absolute Gasteiger partial charge is 0.345 e. The average molecular weight is 337 g/mol. The van der Waals surface area contributed by atoms with Crippen molar-refractivity contribution in [3.8, 4) is 0 Å². The number of nitrogens with zero attached hydrogens (tertiary/aromatic N) is 2. The molecule has 1 atom stereocenters. The molecule has 0 bridgehead atoms. The summed E-state index contributed by atoms with van der Waals surface area (Å²) in [4.78, 5) is 30.6. The zero-order valence-corrected chi connectivity index (χ0v) is 14.9. The fourth-order valence-corrected chi connectivity index (χ4v) is 3.24. The van der Waals surface area contributed by atoms with Gasteiger partial charge in [0.1, 0.15) is 5.82 Å². The fraction of sp³-hybridized carbons (Fsp3) is 0.350. The second-order valence-corrected chi connectivity index (χ2v) is 7.09. The Morgan fingerprint density at radius 2 is 1.88 bits per heavy atom. The van der Waals surface area contributed by atoms with Crippen LogP contribution in [0.15, 0.2) is 42.6 Å². The van der Waals surface area contributed by atoms with Crippen LogP contribution >= 0.6 is 0 Å². The smallest absolute Gasteiger partial charge is 0.253 e. The fourth-order valence-electron chi connectivity index (χ4n) is 3.24. The summed E-state index contributed by atoms with van der Waals surface area (Å²) >= 11 is 0. The van der Waals surface area contributed by atoms with Crippen molar-refractivity contribution in [1.82, 2.24) is 9.88 Å². The maximum atomic E-state index is 12.9. The van der Waals surface area contributed by atoms with Crippen LogP contribution < -0.4 is 5.32 Å². The van der Waals surface area contributed by atoms with Crippen molar-refractivity contribution in [3.63, 3.8) is 0 Å². The van der Waals surface area contributed by atoms with Crippen LogP contribution in [0.3, 0.4) is 0 Å². The number of aryl methyl sites for hydroxylation is 1. The van der Waals surface area contributed by atoms with E-state index in [-0.39, 0.29) is 11.8 Å². The number of anilines is 1. The first-order valence-electron chi connectivity index (χ1n) is 8.45. The van der Waals surface area contributed by atoms with Gasteiger partial charge in [0.2, 0.25) is 5.91 Å². The summed E-state index contributed by atoms with van der Waals surface area (Å²) in [5, 5.41) is 2.90. The first kappa shape index (κ1) is 17.1. The second-order valence-electron chi connectivity index (χ2n) is 7.09. The van der Waals surface area contributed by atoms with Gasteiger partial charge in [0, 0.05) is 25.9 Å². The minimum absolute atomic E-state index is 0.0519. The van der Waals surface area contributed by atoms with Crippen LogP contribution in [-0.2, 0) is 17.6 Å². The summed E-state index contributed by atoms with van der Waals surface area (Å²) in [7, 11) is 3.39. The molecule has 0 aliphatic heterocycles. The normalized spacial score (nSPS) is 19.0. The summed E-state index contributed by atoms with van der Waals surface area (Å²) in [5.41, 5.74) is 2.59. The van der Waals surface area contributed by atoms with Gasteiger partial charge in [-0.2, -0.15) is 0 Å². The van der Waals surface area contributed by atoms with Crippen molar-refractivity contribution in [2.45, 2.75) is 26.2 Å². The first-order chi connectivity index (χ1) is 11.9. The number of hydrogen-bond acceptors (Lipinski definition) is 3. The van der Waals surface area contributed by atoms with E-state index >= 15 is 0 Å². The molecule has 1 aromatic carbocycles. The Morgan fingerprint density at radius 3 is 2.60 bits per heavy atom. The lowest BCUT2D eigenvalue weighted by atomic mass is 9.72. The van der Waals surface area contributed by atoms with Crippen LogP contribution in [0.1, 0.15) is 34.8 Å². The predicted molar refractivity (Wildman–Crippen MR) is 97.5 cm³/mol. The molecule has 1 unspecified atom stereocenters. The topological polar surface area (TPSA) is 62.3 Å². The summed E-state index contributed by atoms with van der Waals surface area (Å²) in [6.07, 6.45) is 3.95. The Bertz CT molecular complexity index is 816. The maximum absolute atomic E-state index is 12.9. The molecule has 1 heterocycles. The van der Waals surface area contributed by atoms with Crippen LogP contribution in [-0.4, -0.2) is 35.8 Å². The van der Waals surface area contributed by atoms with Crippen LogP contribution in [0.25, 0.3) is 0 Å². The molecule has 130 valence electrons. The van der Waals surface area contributed by atoms with Crippen molar-refractivity contribution in [2.24, 2.45) is 5.41 Å². The molecule has 25 heavy (non-hydrogen) atoms. The molecule has 5 heteroatoms. The summed E-state index contributed by atoms with van der Waals surface area (Å²) in [6.45, 7) is 1.99. The number of hydrogen-bond donors (Lipinski definition) is 1. The van der Waals surface area contributed by atoms with Crippen molar-refractivity contribution in [1.29, 1.82) is 0 Å². The molecule has 1 aromatic heterocycles. The number of carbonyl (C=O) groups is 2. The third-order valence-corrected chi connectivity index (χ3v) is 4.85. The Balaban J connectivity index is 1.77. The van der Waals surface area contributed by atoms with E-state index in [0.717, 1.165) is 12.8 Å². The van der Waals surface area contributed by atoms with Gasteiger partial charge in [-0.15, -0.1) is 0 Å². The van der Waals surface area contributed by atoms with Crippen LogP contribution in [0, 0.1) is 5.41 Å². The molecule has 0 saturated heterocycles. The highest BCUT2D eigenvalue weighted by Crippen LogP contribution is 2.36. The van der Waals surface area contributed by atoms with E-state index in [1.54, 1.807) is 32.4 Å². The Labute approximate surface area is 148 Å². The van der Waals surface area contributed by atoms with Gasteiger partial charge in [-0.05, 0) is 42.5 Å². The molecule has 1 N–H and O–H groups in total. The lowest BCUT2D eigenvalue weighted by Crippen LogP contribution is -2.38. The van der Waals surface area contributed by atoms with E-state index in [9.17, 15) is 9.59 Å². The summed E-state index contributed by atoms with van der Waals surface area (Å²) in [5.74, 6) is 0.248. The van der Waals surface area contributed by atoms with Gasteiger partial charge in [-0.1, -0.05) is 31.2 Å². The number of benzene rings is 1. The highest BCUT2D eigenvalue weighted by Gasteiger charge is 2.36. The highest BCUT2D eigenvalue weighted by atomic mass is 16.2. The number of rotatable bonds is 3. The van der Waals surface area contributed by atoms with E-state index in [1.165, 1.54) is 16.0 Å². The molecule has 0 radical (unpaired) electrons. The maximum Gasteiger partial charge on any atom is 0.253 e. The molecule has 2 amide bonds. The number of nitrogens with one attached hydrogen (secondary N) is 1. The van der Waals surface area contributed by atoms with Crippen molar-refractivity contribution in [2.75, 3.05) is 19.4 Å². The second kappa shape index (κ2) is 6.67. The van der Waals surface area contributed by atoms with Crippen LogP contribution in [0.4, 0.5) is 5.82 Å². The van der Waals surface area contributed by atoms with Crippen molar-refractivity contribution < 1.29 is 9.59 Å². The number of aromatic nitrogens is 1. The first-order valence-corrected chi connectivity index (χ1v) is 8.45. The average Bonchev–Trinajstić information content (AvgIpc) is 2.61. The van der Waals surface area contributed by atoms with E-state index in [1.807, 2.05) is 19.1 Å². The minimum atomic E-state index is -0.475. The van der Waals surface area contributed by atoms with Gasteiger partial charge in [0.25, 0.3) is 5.91 Å². The van der Waals surface area contributed by atoms with Crippen LogP contribution in [0.5, 0.6) is 0 Å². The van der Waals surface area contributed by atoms with Gasteiger partial charge in [0.05, 0.1) is 5.41 Å². The van der Waals surface area contributed by atoms with Crippen molar-refractivity contribution >= 4 is 17.6 Å². The van der Waals surface area contributed by atoms with Gasteiger partial charge in [0.15, 0.2) is 0 Å². The zero-order valence-electron chi connectivity index (χ0n) is 14.9. The summed E-state index contributed by atoms with van der Waals surface area (Å²) in [6, 6.07) is 11.6. The molecule has 0 spiro atoms. The Morgan fingerprint density at radius 1 is 1.16 bits per heavy atom. The Hall–Kier alpha value is -2.69. The van der Waals surface area contributed by atoms with Gasteiger partial charge >= 0.3 is 0 Å². The molecule has 1 aliphatic carbocycles. The van der Waals surface area contributed by atoms with Gasteiger partial charge in [-0.3, -0.25) is 9.59 Å². The molecule has 0 fully saturated rings. The predicted octanol–water partition coefficient (Wildman–Crippen LogP) is 2.92. The number of carbonyl (C=O) groups excluding carboxylic acids is 2. The highest BCUT2D eigenvalue weighted by molar-refractivity contribution is 5.97. The Kier molecular flexibility index (Phi) is 4.57. The van der Waals surface area contributed by atoms with E-state index < -0.39 is 5.41 Å². The van der Waals surface area contributed by atoms with E-state index in [0.29, 0.717) is 17.8 Å². The lowest BCUT2D eigenvalue weighted by molar-refractivity contribution is -0.125. The van der Waals surface area contributed by atoms with Crippen molar-refractivity contribution in [3.05, 3.63) is 59.3 Å². The molecule has 0 saturated carbocycles. The molecule has 5 nitrogen and oxygen atoms in total. The zero-order chi connectivity index (χ0) is 18.0. The van der Waals surface area contributed by atoms with Gasteiger partial charge in [-0.25, -0.2) is 4.98 Å². The standard InChI is InChI=1S/C20H23N3O2/c1-20(10-8-14-6-4-5-7-16(14)13-20)19(25)22-17-12-15(9-11-21-17)18(24)23(2)3/h4-7,9,11-12H,8,10,13H2,1-3H3,(H,21,22,25). The SMILES string of the molecule is CN(C)C(=O)c1ccnc(NC(=O)C2(C)CCc3ccccc3C2)c1. The van der Waals surface area contributed by atoms with Gasteiger partial charge < -0.3 is 10.2 Å². The minimum Gasteiger partial charge on any atom is -0.345 e. The monoisotopic (exact) mass is 337 g/mol. The number of amides is 2. The van der Waals surface area contributed by atoms with E-state index in [2.05, 4.69) is 22.4 Å². The molecular weight excluding hydrogens is 314 g/mol. The quantitative estimate of drug-likeness (QED) is 0.937. The number of pyridine rings is 1. The summed E-state index contributed by atoms with van der Waals surface area (Å²) < 4.78 is 0. The van der Waals surface area contributed by atoms with E-state index in [4.69, 9.17) is 0 Å².